The van der Waals surface area contributed by atoms with Gasteiger partial charge in [0.25, 0.3) is 0 Å². The highest BCUT2D eigenvalue weighted by molar-refractivity contribution is 6.20. The van der Waals surface area contributed by atoms with Gasteiger partial charge in [0.05, 0.1) is 0 Å². The predicted molar refractivity (Wildman–Crippen MR) is 87.7 cm³/mol. The summed E-state index contributed by atoms with van der Waals surface area (Å²) in [6.45, 7) is 1.59. The molecule has 1 N–H and O–H groups in total. The van der Waals surface area contributed by atoms with Gasteiger partial charge in [-0.05, 0) is 30.2 Å². The molecule has 2 aromatic carbocycles. The summed E-state index contributed by atoms with van der Waals surface area (Å²) in [4.78, 5) is 24.5. The van der Waals surface area contributed by atoms with Crippen molar-refractivity contribution in [1.82, 2.24) is 0 Å². The highest BCUT2D eigenvalue weighted by Gasteiger charge is 2.40. The van der Waals surface area contributed by atoms with Gasteiger partial charge in [0.2, 0.25) is 0 Å². The molecule has 0 aliphatic heterocycles. The molecule has 3 heteroatoms. The van der Waals surface area contributed by atoms with E-state index in [9.17, 15) is 14.7 Å². The summed E-state index contributed by atoms with van der Waals surface area (Å²) in [5.74, 6) is -0.609. The lowest BCUT2D eigenvalue weighted by Crippen LogP contribution is -2.35. The molecule has 0 saturated carbocycles. The second-order valence-corrected chi connectivity index (χ2v) is 5.56. The second-order valence-electron chi connectivity index (χ2n) is 5.56. The van der Waals surface area contributed by atoms with E-state index in [0.29, 0.717) is 16.7 Å². The van der Waals surface area contributed by atoms with Gasteiger partial charge in [-0.3, -0.25) is 9.59 Å². The number of ketones is 2. The Morgan fingerprint density at radius 2 is 1.22 bits per heavy atom. The van der Waals surface area contributed by atoms with Gasteiger partial charge < -0.3 is 5.11 Å². The van der Waals surface area contributed by atoms with Gasteiger partial charge in [-0.2, -0.15) is 0 Å². The van der Waals surface area contributed by atoms with Crippen LogP contribution in [0.3, 0.4) is 0 Å². The van der Waals surface area contributed by atoms with E-state index in [4.69, 9.17) is 0 Å². The van der Waals surface area contributed by atoms with E-state index < -0.39 is 5.60 Å². The van der Waals surface area contributed by atoms with Crippen molar-refractivity contribution in [2.75, 3.05) is 0 Å². The summed E-state index contributed by atoms with van der Waals surface area (Å²) in [5, 5.41) is 11.5. The number of carbonyl (C=O) groups excluding carboxylic acids is 2. The zero-order valence-corrected chi connectivity index (χ0v) is 12.7. The van der Waals surface area contributed by atoms with Gasteiger partial charge >= 0.3 is 0 Å². The number of rotatable bonds is 3. The molecule has 114 valence electrons. The Morgan fingerprint density at radius 3 is 1.70 bits per heavy atom. The first kappa shape index (κ1) is 15.1. The van der Waals surface area contributed by atoms with Gasteiger partial charge in [-0.1, -0.05) is 60.7 Å². The monoisotopic (exact) mass is 304 g/mol. The lowest BCUT2D eigenvalue weighted by atomic mass is 9.76. The zero-order valence-electron chi connectivity index (χ0n) is 12.7. The molecule has 1 aliphatic carbocycles. The van der Waals surface area contributed by atoms with Crippen molar-refractivity contribution in [2.45, 2.75) is 12.5 Å². The number of aliphatic hydroxyl groups is 1. The van der Waals surface area contributed by atoms with Crippen LogP contribution in [0.5, 0.6) is 0 Å². The van der Waals surface area contributed by atoms with Crippen molar-refractivity contribution in [3.63, 3.8) is 0 Å². The number of benzene rings is 2. The van der Waals surface area contributed by atoms with Crippen molar-refractivity contribution >= 4 is 11.6 Å². The maximum Gasteiger partial charge on any atom is 0.185 e. The Labute approximate surface area is 134 Å². The van der Waals surface area contributed by atoms with E-state index in [1.807, 2.05) is 12.1 Å². The van der Waals surface area contributed by atoms with Crippen molar-refractivity contribution in [1.29, 1.82) is 0 Å². The first-order chi connectivity index (χ1) is 11.0. The molecule has 3 rings (SSSR count). The van der Waals surface area contributed by atoms with E-state index in [1.165, 1.54) is 12.2 Å². The number of hydrogen-bond donors (Lipinski definition) is 1. The number of allylic oxidation sites excluding steroid dienone is 3. The summed E-state index contributed by atoms with van der Waals surface area (Å²) in [7, 11) is 0. The second kappa shape index (κ2) is 5.78. The van der Waals surface area contributed by atoms with E-state index in [-0.39, 0.29) is 17.1 Å². The molecule has 0 heterocycles. The van der Waals surface area contributed by atoms with Crippen LogP contribution < -0.4 is 0 Å². The fourth-order valence-corrected chi connectivity index (χ4v) is 2.78. The molecule has 0 amide bonds. The summed E-state index contributed by atoms with van der Waals surface area (Å²) in [6.07, 6.45) is 2.53. The van der Waals surface area contributed by atoms with Crippen LogP contribution in [0, 0.1) is 0 Å². The predicted octanol–water partition coefficient (Wildman–Crippen LogP) is 2.95. The molecule has 23 heavy (non-hydrogen) atoms. The minimum atomic E-state index is -1.66. The fourth-order valence-electron chi connectivity index (χ4n) is 2.78. The van der Waals surface area contributed by atoms with E-state index in [0.717, 1.165) is 0 Å². The molecule has 3 nitrogen and oxygen atoms in total. The molecule has 0 unspecified atom stereocenters. The molecule has 2 aromatic rings. The summed E-state index contributed by atoms with van der Waals surface area (Å²) >= 11 is 0. The average molecular weight is 304 g/mol. The van der Waals surface area contributed by atoms with Gasteiger partial charge in [-0.15, -0.1) is 0 Å². The molecular weight excluding hydrogens is 288 g/mol. The van der Waals surface area contributed by atoms with E-state index >= 15 is 0 Å². The van der Waals surface area contributed by atoms with Crippen molar-refractivity contribution in [2.24, 2.45) is 0 Å². The Balaban J connectivity index is 2.24. The smallest absolute Gasteiger partial charge is 0.185 e. The van der Waals surface area contributed by atoms with Crippen LogP contribution in [0.15, 0.2) is 84.0 Å². The maximum atomic E-state index is 12.5. The summed E-state index contributed by atoms with van der Waals surface area (Å²) in [5.41, 5.74) is -0.113. The first-order valence-corrected chi connectivity index (χ1v) is 7.36. The van der Waals surface area contributed by atoms with E-state index in [1.54, 1.807) is 55.5 Å². The third kappa shape index (κ3) is 2.56. The number of carbonyl (C=O) groups is 2. The zero-order chi connectivity index (χ0) is 16.4. The van der Waals surface area contributed by atoms with Crippen molar-refractivity contribution in [3.05, 3.63) is 95.1 Å². The lowest BCUT2D eigenvalue weighted by Gasteiger charge is -2.32. The number of hydrogen-bond acceptors (Lipinski definition) is 3. The van der Waals surface area contributed by atoms with Crippen LogP contribution in [0.25, 0.3) is 0 Å². The minimum Gasteiger partial charge on any atom is -0.376 e. The van der Waals surface area contributed by atoms with E-state index in [2.05, 4.69) is 0 Å². The van der Waals surface area contributed by atoms with Gasteiger partial charge in [0.15, 0.2) is 11.6 Å². The highest BCUT2D eigenvalue weighted by atomic mass is 16.3. The first-order valence-electron chi connectivity index (χ1n) is 7.36. The highest BCUT2D eigenvalue weighted by Crippen LogP contribution is 2.38. The van der Waals surface area contributed by atoms with Crippen molar-refractivity contribution in [3.8, 4) is 0 Å². The molecule has 0 radical (unpaired) electrons. The van der Waals surface area contributed by atoms with Crippen LogP contribution >= 0.6 is 0 Å². The lowest BCUT2D eigenvalue weighted by molar-refractivity contribution is -0.116. The third-order valence-corrected chi connectivity index (χ3v) is 4.05. The quantitative estimate of drug-likeness (QED) is 0.887. The van der Waals surface area contributed by atoms with Crippen LogP contribution in [0.4, 0.5) is 0 Å². The van der Waals surface area contributed by atoms with Crippen LogP contribution in [0.1, 0.15) is 18.1 Å². The molecular formula is C20H16O3. The Morgan fingerprint density at radius 1 is 0.739 bits per heavy atom. The van der Waals surface area contributed by atoms with Gasteiger partial charge in [0.1, 0.15) is 5.60 Å². The van der Waals surface area contributed by atoms with Crippen LogP contribution in [0.2, 0.25) is 0 Å². The SMILES string of the molecule is CC1=CC(=O)C(C(O)(c2ccccc2)c2ccccc2)=CC1=O. The Bertz CT molecular complexity index is 775. The molecule has 1 aliphatic rings. The van der Waals surface area contributed by atoms with Crippen molar-refractivity contribution < 1.29 is 14.7 Å². The standard InChI is InChI=1S/C20H16O3/c1-14-12-19(22)17(13-18(14)21)20(23,15-8-4-2-5-9-15)16-10-6-3-7-11-16/h2-13,23H,1H3. The summed E-state index contributed by atoms with van der Waals surface area (Å²) in [6, 6.07) is 17.8. The fraction of sp³-hybridized carbons (Fsp3) is 0.100. The van der Waals surface area contributed by atoms with Crippen LogP contribution in [-0.2, 0) is 15.2 Å². The maximum absolute atomic E-state index is 12.5. The Hall–Kier alpha value is -2.78. The average Bonchev–Trinajstić information content (AvgIpc) is 2.59. The van der Waals surface area contributed by atoms with Gasteiger partial charge in [-0.25, -0.2) is 0 Å². The van der Waals surface area contributed by atoms with Gasteiger partial charge in [0, 0.05) is 11.1 Å². The molecule has 0 atom stereocenters. The molecule has 0 fully saturated rings. The topological polar surface area (TPSA) is 54.4 Å². The molecule has 0 spiro atoms. The molecule has 0 saturated heterocycles. The largest absolute Gasteiger partial charge is 0.376 e. The molecule has 0 aromatic heterocycles. The third-order valence-electron chi connectivity index (χ3n) is 4.05. The molecule has 0 bridgehead atoms. The normalized spacial score (nSPS) is 15.2. The van der Waals surface area contributed by atoms with Crippen LogP contribution in [-0.4, -0.2) is 16.7 Å². The summed E-state index contributed by atoms with van der Waals surface area (Å²) < 4.78 is 0. The minimum absolute atomic E-state index is 0.0745. The Kier molecular flexibility index (Phi) is 3.80.